The number of aromatic nitrogens is 2. The molecule has 2 rings (SSSR count). The van der Waals surface area contributed by atoms with Gasteiger partial charge in [0.2, 0.25) is 0 Å². The third kappa shape index (κ3) is 4.32. The largest absolute Gasteiger partial charge is 0.308 e. The van der Waals surface area contributed by atoms with Crippen molar-refractivity contribution < 1.29 is 0 Å². The van der Waals surface area contributed by atoms with Gasteiger partial charge in [-0.1, -0.05) is 13.8 Å². The van der Waals surface area contributed by atoms with Crippen LogP contribution in [-0.4, -0.2) is 40.4 Å². The van der Waals surface area contributed by atoms with Crippen LogP contribution in [0.3, 0.4) is 0 Å². The molecule has 0 atom stereocenters. The SMILES string of the molecule is CCCN1CCC(NCc2ccnn2CCC)CC1. The zero-order valence-electron chi connectivity index (χ0n) is 12.4. The summed E-state index contributed by atoms with van der Waals surface area (Å²) in [7, 11) is 0. The summed E-state index contributed by atoms with van der Waals surface area (Å²) < 4.78 is 2.12. The number of nitrogens with zero attached hydrogens (tertiary/aromatic N) is 3. The first-order valence-electron chi connectivity index (χ1n) is 7.80. The molecule has 0 amide bonds. The highest BCUT2D eigenvalue weighted by Gasteiger charge is 2.18. The molecular formula is C15H28N4. The van der Waals surface area contributed by atoms with Crippen LogP contribution in [0.25, 0.3) is 0 Å². The lowest BCUT2D eigenvalue weighted by atomic mass is 10.0. The van der Waals surface area contributed by atoms with Crippen LogP contribution in [-0.2, 0) is 13.1 Å². The second-order valence-electron chi connectivity index (χ2n) is 5.54. The second-order valence-corrected chi connectivity index (χ2v) is 5.54. The molecule has 1 fully saturated rings. The molecule has 0 spiro atoms. The van der Waals surface area contributed by atoms with Gasteiger partial charge < -0.3 is 10.2 Å². The smallest absolute Gasteiger partial charge is 0.0522 e. The number of rotatable bonds is 7. The molecule has 4 heteroatoms. The highest BCUT2D eigenvalue weighted by molar-refractivity contribution is 5.00. The Balaban J connectivity index is 1.72. The summed E-state index contributed by atoms with van der Waals surface area (Å²) in [6, 6.07) is 2.81. The zero-order chi connectivity index (χ0) is 13.5. The predicted octanol–water partition coefficient (Wildman–Crippen LogP) is 2.26. The molecular weight excluding hydrogens is 236 g/mol. The maximum atomic E-state index is 4.37. The molecule has 1 aliphatic heterocycles. The van der Waals surface area contributed by atoms with Crippen molar-refractivity contribution >= 4 is 0 Å². The average Bonchev–Trinajstić information content (AvgIpc) is 2.86. The van der Waals surface area contributed by atoms with E-state index in [9.17, 15) is 0 Å². The molecule has 108 valence electrons. The maximum absolute atomic E-state index is 4.37. The van der Waals surface area contributed by atoms with Gasteiger partial charge in [0.1, 0.15) is 0 Å². The van der Waals surface area contributed by atoms with Crippen LogP contribution < -0.4 is 5.32 Å². The third-order valence-electron chi connectivity index (χ3n) is 3.94. The molecule has 0 radical (unpaired) electrons. The van der Waals surface area contributed by atoms with Crippen LogP contribution in [0.2, 0.25) is 0 Å². The first kappa shape index (κ1) is 14.5. The molecule has 0 aromatic carbocycles. The van der Waals surface area contributed by atoms with Crippen LogP contribution in [0.15, 0.2) is 12.3 Å². The van der Waals surface area contributed by atoms with Crippen molar-refractivity contribution in [3.8, 4) is 0 Å². The fourth-order valence-corrected chi connectivity index (χ4v) is 2.85. The number of hydrogen-bond donors (Lipinski definition) is 1. The molecule has 19 heavy (non-hydrogen) atoms. The first-order valence-corrected chi connectivity index (χ1v) is 7.80. The number of likely N-dealkylation sites (tertiary alicyclic amines) is 1. The minimum atomic E-state index is 0.679. The van der Waals surface area contributed by atoms with Gasteiger partial charge in [-0.15, -0.1) is 0 Å². The summed E-state index contributed by atoms with van der Waals surface area (Å²) in [5.74, 6) is 0. The summed E-state index contributed by atoms with van der Waals surface area (Å²) >= 11 is 0. The van der Waals surface area contributed by atoms with Gasteiger partial charge in [-0.3, -0.25) is 4.68 Å². The minimum absolute atomic E-state index is 0.679. The molecule has 1 N–H and O–H groups in total. The average molecular weight is 264 g/mol. The maximum Gasteiger partial charge on any atom is 0.0522 e. The van der Waals surface area contributed by atoms with Gasteiger partial charge >= 0.3 is 0 Å². The van der Waals surface area contributed by atoms with Crippen LogP contribution >= 0.6 is 0 Å². The molecule has 1 aliphatic rings. The fraction of sp³-hybridized carbons (Fsp3) is 0.800. The van der Waals surface area contributed by atoms with Crippen LogP contribution in [0.1, 0.15) is 45.2 Å². The first-order chi connectivity index (χ1) is 9.33. The lowest BCUT2D eigenvalue weighted by Gasteiger charge is -2.32. The molecule has 0 unspecified atom stereocenters. The second kappa shape index (κ2) is 7.65. The van der Waals surface area contributed by atoms with Gasteiger partial charge in [0.15, 0.2) is 0 Å². The van der Waals surface area contributed by atoms with E-state index < -0.39 is 0 Å². The zero-order valence-corrected chi connectivity index (χ0v) is 12.4. The van der Waals surface area contributed by atoms with E-state index in [4.69, 9.17) is 0 Å². The van der Waals surface area contributed by atoms with E-state index in [-0.39, 0.29) is 0 Å². The van der Waals surface area contributed by atoms with E-state index in [1.165, 1.54) is 44.6 Å². The van der Waals surface area contributed by atoms with Crippen molar-refractivity contribution in [1.29, 1.82) is 0 Å². The van der Waals surface area contributed by atoms with Gasteiger partial charge in [-0.2, -0.15) is 5.10 Å². The Hall–Kier alpha value is -0.870. The quantitative estimate of drug-likeness (QED) is 0.820. The van der Waals surface area contributed by atoms with Crippen LogP contribution in [0.5, 0.6) is 0 Å². The lowest BCUT2D eigenvalue weighted by molar-refractivity contribution is 0.197. The fourth-order valence-electron chi connectivity index (χ4n) is 2.85. The lowest BCUT2D eigenvalue weighted by Crippen LogP contribution is -2.42. The van der Waals surface area contributed by atoms with Gasteiger partial charge in [-0.25, -0.2) is 0 Å². The van der Waals surface area contributed by atoms with E-state index in [1.807, 2.05) is 6.20 Å². The number of nitrogens with one attached hydrogen (secondary N) is 1. The molecule has 0 saturated carbocycles. The monoisotopic (exact) mass is 264 g/mol. The molecule has 4 nitrogen and oxygen atoms in total. The topological polar surface area (TPSA) is 33.1 Å². The summed E-state index contributed by atoms with van der Waals surface area (Å²) in [5.41, 5.74) is 1.32. The normalized spacial score (nSPS) is 18.0. The molecule has 1 aromatic rings. The van der Waals surface area contributed by atoms with Gasteiger partial charge in [0.25, 0.3) is 0 Å². The summed E-state index contributed by atoms with van der Waals surface area (Å²) in [4.78, 5) is 2.58. The summed E-state index contributed by atoms with van der Waals surface area (Å²) in [6.07, 6.45) is 6.89. The van der Waals surface area contributed by atoms with Crippen molar-refractivity contribution in [3.63, 3.8) is 0 Å². The van der Waals surface area contributed by atoms with Gasteiger partial charge in [0, 0.05) is 25.3 Å². The number of aryl methyl sites for hydroxylation is 1. The van der Waals surface area contributed by atoms with Crippen molar-refractivity contribution in [1.82, 2.24) is 20.0 Å². The molecule has 0 bridgehead atoms. The van der Waals surface area contributed by atoms with E-state index in [0.29, 0.717) is 6.04 Å². The Labute approximate surface area is 117 Å². The minimum Gasteiger partial charge on any atom is -0.308 e. The third-order valence-corrected chi connectivity index (χ3v) is 3.94. The van der Waals surface area contributed by atoms with Crippen molar-refractivity contribution in [2.45, 2.75) is 58.7 Å². The number of piperidine rings is 1. The van der Waals surface area contributed by atoms with E-state index >= 15 is 0 Å². The number of hydrogen-bond acceptors (Lipinski definition) is 3. The summed E-state index contributed by atoms with van der Waals surface area (Å²) in [6.45, 7) is 10.2. The van der Waals surface area contributed by atoms with Crippen LogP contribution in [0.4, 0.5) is 0 Å². The van der Waals surface area contributed by atoms with E-state index in [2.05, 4.69) is 39.9 Å². The Morgan fingerprint density at radius 3 is 2.63 bits per heavy atom. The molecule has 1 saturated heterocycles. The van der Waals surface area contributed by atoms with E-state index in [1.54, 1.807) is 0 Å². The Bertz CT molecular complexity index is 353. The Kier molecular flexibility index (Phi) is 5.86. The Morgan fingerprint density at radius 1 is 1.21 bits per heavy atom. The van der Waals surface area contributed by atoms with Gasteiger partial charge in [-0.05, 0) is 51.4 Å². The molecule has 1 aromatic heterocycles. The molecule has 0 aliphatic carbocycles. The van der Waals surface area contributed by atoms with Crippen molar-refractivity contribution in [2.75, 3.05) is 19.6 Å². The van der Waals surface area contributed by atoms with Gasteiger partial charge in [0.05, 0.1) is 5.69 Å². The summed E-state index contributed by atoms with van der Waals surface area (Å²) in [5, 5.41) is 8.07. The predicted molar refractivity (Wildman–Crippen MR) is 79.1 cm³/mol. The van der Waals surface area contributed by atoms with Crippen molar-refractivity contribution in [3.05, 3.63) is 18.0 Å². The highest BCUT2D eigenvalue weighted by Crippen LogP contribution is 2.11. The van der Waals surface area contributed by atoms with Crippen molar-refractivity contribution in [2.24, 2.45) is 0 Å². The highest BCUT2D eigenvalue weighted by atomic mass is 15.3. The molecule has 2 heterocycles. The van der Waals surface area contributed by atoms with E-state index in [0.717, 1.165) is 19.5 Å². The standard InChI is InChI=1S/C15H28N4/c1-3-9-18-11-6-14(7-12-18)16-13-15-5-8-17-19(15)10-4-2/h5,8,14,16H,3-4,6-7,9-13H2,1-2H3. The van der Waals surface area contributed by atoms with Crippen LogP contribution in [0, 0.1) is 0 Å². The Morgan fingerprint density at radius 2 is 1.95 bits per heavy atom.